The van der Waals surface area contributed by atoms with Crippen LogP contribution in [0.1, 0.15) is 32.1 Å². The number of hydrogen-bond acceptors (Lipinski definition) is 4. The predicted molar refractivity (Wildman–Crippen MR) is 140 cm³/mol. The Morgan fingerprint density at radius 3 is 1.81 bits per heavy atom. The molecule has 5 rings (SSSR count). The first-order valence-corrected chi connectivity index (χ1v) is 11.6. The quantitative estimate of drug-likeness (QED) is 0.279. The van der Waals surface area contributed by atoms with Crippen LogP contribution >= 0.6 is 0 Å². The van der Waals surface area contributed by atoms with Gasteiger partial charge in [-0.3, -0.25) is 9.35 Å². The van der Waals surface area contributed by atoms with E-state index in [0.29, 0.717) is 22.5 Å². The monoisotopic (exact) mass is 478 g/mol. The number of nitrogens with zero attached hydrogens (tertiary/aromatic N) is 2. The Kier molecular flexibility index (Phi) is 5.94. The maximum atomic E-state index is 12.8. The summed E-state index contributed by atoms with van der Waals surface area (Å²) in [6, 6.07) is 27.8. The minimum Gasteiger partial charge on any atom is -0.465 e. The average molecular weight is 479 g/mol. The molecule has 0 unspecified atom stereocenters. The van der Waals surface area contributed by atoms with Gasteiger partial charge in [0.25, 0.3) is 0 Å². The number of carbonyl (C=O) groups excluding carboxylic acids is 2. The number of ether oxygens (including phenoxy) is 2. The topological polar surface area (TPSA) is 62.5 Å². The molecular formula is C30H26N2O4. The lowest BCUT2D eigenvalue weighted by atomic mass is 10.0. The van der Waals surface area contributed by atoms with Crippen LogP contribution in [0.25, 0.3) is 33.3 Å². The fourth-order valence-electron chi connectivity index (χ4n) is 4.80. The van der Waals surface area contributed by atoms with Gasteiger partial charge in [0, 0.05) is 11.1 Å². The molecule has 0 bridgehead atoms. The first kappa shape index (κ1) is 23.2. The van der Waals surface area contributed by atoms with E-state index in [9.17, 15) is 9.59 Å². The molecule has 2 aromatic heterocycles. The normalized spacial score (nSPS) is 11.0. The van der Waals surface area contributed by atoms with Gasteiger partial charge in [-0.2, -0.15) is 0 Å². The molecule has 0 amide bonds. The molecule has 6 nitrogen and oxygen atoms in total. The molecule has 0 atom stereocenters. The van der Waals surface area contributed by atoms with Crippen LogP contribution in [-0.4, -0.2) is 35.5 Å². The van der Waals surface area contributed by atoms with Gasteiger partial charge in [-0.1, -0.05) is 72.8 Å². The van der Waals surface area contributed by atoms with Crippen molar-refractivity contribution in [3.05, 3.63) is 107 Å². The van der Waals surface area contributed by atoms with Crippen molar-refractivity contribution < 1.29 is 19.1 Å². The van der Waals surface area contributed by atoms with E-state index in [1.165, 1.54) is 14.2 Å². The van der Waals surface area contributed by atoms with E-state index < -0.39 is 11.9 Å². The van der Waals surface area contributed by atoms with Crippen molar-refractivity contribution in [2.75, 3.05) is 14.2 Å². The van der Waals surface area contributed by atoms with Gasteiger partial charge < -0.3 is 9.47 Å². The standard InChI is InChI=1S/C30H26N2O4/c1-19-25(29(33)35-3)17-27(22-12-6-5-7-13-22)31(19)32-20(2)26(30(34)36-4)18-28(32)24-16-10-14-21-11-8-9-15-23(21)24/h5-18H,1-4H3. The summed E-state index contributed by atoms with van der Waals surface area (Å²) >= 11 is 0. The van der Waals surface area contributed by atoms with E-state index in [1.54, 1.807) is 0 Å². The molecule has 0 N–H and O–H groups in total. The van der Waals surface area contributed by atoms with Gasteiger partial charge >= 0.3 is 11.9 Å². The van der Waals surface area contributed by atoms with Crippen molar-refractivity contribution in [1.82, 2.24) is 9.35 Å². The number of hydrogen-bond donors (Lipinski definition) is 0. The van der Waals surface area contributed by atoms with Crippen LogP contribution in [0.3, 0.4) is 0 Å². The molecule has 3 aromatic carbocycles. The lowest BCUT2D eigenvalue weighted by Crippen LogP contribution is -2.17. The molecule has 0 radical (unpaired) electrons. The lowest BCUT2D eigenvalue weighted by molar-refractivity contribution is 0.0590. The third-order valence-corrected chi connectivity index (χ3v) is 6.58. The van der Waals surface area contributed by atoms with Crippen LogP contribution in [-0.2, 0) is 9.47 Å². The van der Waals surface area contributed by atoms with Crippen LogP contribution < -0.4 is 0 Å². The zero-order valence-corrected chi connectivity index (χ0v) is 20.6. The molecule has 0 aliphatic rings. The van der Waals surface area contributed by atoms with Gasteiger partial charge in [0.1, 0.15) is 0 Å². The number of carbonyl (C=O) groups is 2. The Morgan fingerprint density at radius 1 is 0.639 bits per heavy atom. The van der Waals surface area contributed by atoms with Crippen molar-refractivity contribution in [2.24, 2.45) is 0 Å². The van der Waals surface area contributed by atoms with Crippen molar-refractivity contribution in [3.63, 3.8) is 0 Å². The summed E-state index contributed by atoms with van der Waals surface area (Å²) in [7, 11) is 2.75. The first-order chi connectivity index (χ1) is 17.5. The Hall–Kier alpha value is -4.58. The molecule has 0 saturated carbocycles. The van der Waals surface area contributed by atoms with Gasteiger partial charge in [0.2, 0.25) is 0 Å². The van der Waals surface area contributed by atoms with Crippen molar-refractivity contribution in [2.45, 2.75) is 13.8 Å². The summed E-state index contributed by atoms with van der Waals surface area (Å²) in [4.78, 5) is 25.5. The van der Waals surface area contributed by atoms with Crippen molar-refractivity contribution in [3.8, 4) is 22.5 Å². The van der Waals surface area contributed by atoms with E-state index in [4.69, 9.17) is 9.47 Å². The smallest absolute Gasteiger partial charge is 0.339 e. The largest absolute Gasteiger partial charge is 0.465 e. The number of benzene rings is 3. The zero-order valence-electron chi connectivity index (χ0n) is 20.6. The molecule has 0 saturated heterocycles. The highest BCUT2D eigenvalue weighted by Crippen LogP contribution is 2.35. The second-order valence-corrected chi connectivity index (χ2v) is 8.56. The molecule has 36 heavy (non-hydrogen) atoms. The summed E-state index contributed by atoms with van der Waals surface area (Å²) in [6.45, 7) is 3.76. The Bertz CT molecular complexity index is 1600. The molecule has 2 heterocycles. The minimum absolute atomic E-state index is 0.423. The van der Waals surface area contributed by atoms with Gasteiger partial charge in [0.05, 0.1) is 48.1 Å². The molecule has 0 spiro atoms. The van der Waals surface area contributed by atoms with Gasteiger partial charge in [0.15, 0.2) is 0 Å². The zero-order chi connectivity index (χ0) is 25.4. The SMILES string of the molecule is COC(=O)c1cc(-c2ccccc2)n(-n2c(-c3cccc4ccccc34)cc(C(=O)OC)c2C)c1C. The third-order valence-electron chi connectivity index (χ3n) is 6.58. The van der Waals surface area contributed by atoms with Crippen molar-refractivity contribution in [1.29, 1.82) is 0 Å². The molecule has 0 aliphatic carbocycles. The summed E-state index contributed by atoms with van der Waals surface area (Å²) in [5.41, 5.74) is 5.77. The van der Waals surface area contributed by atoms with Crippen LogP contribution in [0.5, 0.6) is 0 Å². The van der Waals surface area contributed by atoms with E-state index in [2.05, 4.69) is 18.2 Å². The van der Waals surface area contributed by atoms with E-state index in [1.807, 2.05) is 89.9 Å². The molecule has 180 valence electrons. The Morgan fingerprint density at radius 2 is 1.17 bits per heavy atom. The van der Waals surface area contributed by atoms with Crippen LogP contribution in [0.15, 0.2) is 84.9 Å². The van der Waals surface area contributed by atoms with E-state index in [0.717, 1.165) is 33.3 Å². The summed E-state index contributed by atoms with van der Waals surface area (Å²) in [5.74, 6) is -0.847. The number of fused-ring (bicyclic) bond motifs is 1. The lowest BCUT2D eigenvalue weighted by Gasteiger charge is -2.20. The average Bonchev–Trinajstić information content (AvgIpc) is 3.44. The summed E-state index contributed by atoms with van der Waals surface area (Å²) in [5, 5.41) is 2.14. The molecule has 6 heteroatoms. The maximum absolute atomic E-state index is 12.8. The number of esters is 2. The second-order valence-electron chi connectivity index (χ2n) is 8.56. The molecule has 0 fully saturated rings. The van der Waals surface area contributed by atoms with Gasteiger partial charge in [-0.05, 0) is 36.8 Å². The summed E-state index contributed by atoms with van der Waals surface area (Å²) in [6.07, 6.45) is 0. The fraction of sp³-hybridized carbons (Fsp3) is 0.133. The maximum Gasteiger partial charge on any atom is 0.339 e. The van der Waals surface area contributed by atoms with E-state index in [-0.39, 0.29) is 0 Å². The van der Waals surface area contributed by atoms with Crippen LogP contribution in [0.2, 0.25) is 0 Å². The Labute approximate surface area is 209 Å². The van der Waals surface area contributed by atoms with Crippen molar-refractivity contribution >= 4 is 22.7 Å². The first-order valence-electron chi connectivity index (χ1n) is 11.6. The second kappa shape index (κ2) is 9.23. The number of rotatable bonds is 5. The fourth-order valence-corrected chi connectivity index (χ4v) is 4.80. The van der Waals surface area contributed by atoms with Crippen LogP contribution in [0, 0.1) is 13.8 Å². The number of methoxy groups -OCH3 is 2. The minimum atomic E-state index is -0.424. The third kappa shape index (κ3) is 3.67. The predicted octanol–water partition coefficient (Wildman–Crippen LogP) is 6.28. The highest BCUT2D eigenvalue weighted by Gasteiger charge is 2.26. The van der Waals surface area contributed by atoms with Crippen LogP contribution in [0.4, 0.5) is 0 Å². The van der Waals surface area contributed by atoms with E-state index >= 15 is 0 Å². The molecule has 5 aromatic rings. The molecular weight excluding hydrogens is 452 g/mol. The van der Waals surface area contributed by atoms with Gasteiger partial charge in [-0.25, -0.2) is 9.59 Å². The highest BCUT2D eigenvalue weighted by molar-refractivity contribution is 5.99. The van der Waals surface area contributed by atoms with Gasteiger partial charge in [-0.15, -0.1) is 0 Å². The highest BCUT2D eigenvalue weighted by atomic mass is 16.5. The Balaban J connectivity index is 1.90. The number of aromatic nitrogens is 2. The molecule has 0 aliphatic heterocycles. The summed E-state index contributed by atoms with van der Waals surface area (Å²) < 4.78 is 14.2.